The molecule has 0 saturated heterocycles. The van der Waals surface area contributed by atoms with Crippen molar-refractivity contribution in [1.82, 2.24) is 5.32 Å². The highest BCUT2D eigenvalue weighted by molar-refractivity contribution is 6.30. The van der Waals surface area contributed by atoms with Crippen molar-refractivity contribution >= 4 is 23.0 Å². The standard InChI is InChI=1S/C24H29ClN2/c1-6-8-22(15-17(3)20-9-10-20)19(5)27-24(7-2)16-26-18(4)21-11-13-23(25)14-12-21/h6,8,11-15,20,26H,3-5,7,9-10,16H2,1-2H3/b8-6-,22-15+,27-24?. The monoisotopic (exact) mass is 380 g/mol. The molecule has 1 aromatic rings. The molecule has 0 aromatic heterocycles. The molecule has 1 saturated carbocycles. The van der Waals surface area contributed by atoms with Gasteiger partial charge in [0, 0.05) is 16.4 Å². The lowest BCUT2D eigenvalue weighted by atomic mass is 10.1. The summed E-state index contributed by atoms with van der Waals surface area (Å²) in [5, 5.41) is 4.07. The number of halogens is 1. The number of aliphatic imine (C=N–C) groups is 1. The van der Waals surface area contributed by atoms with Gasteiger partial charge in [-0.1, -0.05) is 68.1 Å². The third-order valence-electron chi connectivity index (χ3n) is 4.52. The SMILES string of the molecule is C=C(N=C(CC)CNC(=C)c1ccc(Cl)cc1)C(/C=C\C)=C/C(=C)C1CC1. The molecule has 0 amide bonds. The number of hydrogen-bond donors (Lipinski definition) is 1. The van der Waals surface area contributed by atoms with E-state index in [0.717, 1.165) is 39.7 Å². The number of rotatable bonds is 10. The fraction of sp³-hybridized carbons (Fsp3) is 0.292. The zero-order chi connectivity index (χ0) is 19.8. The van der Waals surface area contributed by atoms with Crippen molar-refractivity contribution in [3.8, 4) is 0 Å². The molecule has 0 heterocycles. The summed E-state index contributed by atoms with van der Waals surface area (Å²) in [6.45, 7) is 17.2. The molecule has 1 aliphatic rings. The first kappa shape index (κ1) is 21.0. The van der Waals surface area contributed by atoms with E-state index in [0.29, 0.717) is 12.5 Å². The van der Waals surface area contributed by atoms with Gasteiger partial charge in [0.25, 0.3) is 0 Å². The Morgan fingerprint density at radius 1 is 1.22 bits per heavy atom. The number of nitrogens with one attached hydrogen (secondary N) is 1. The molecule has 0 bridgehead atoms. The van der Waals surface area contributed by atoms with Crippen LogP contribution in [0.4, 0.5) is 0 Å². The minimum absolute atomic E-state index is 0.629. The average molecular weight is 381 g/mol. The van der Waals surface area contributed by atoms with Gasteiger partial charge in [-0.3, -0.25) is 4.99 Å². The lowest BCUT2D eigenvalue weighted by Crippen LogP contribution is -2.21. The first-order valence-corrected chi connectivity index (χ1v) is 9.80. The van der Waals surface area contributed by atoms with Crippen molar-refractivity contribution in [2.24, 2.45) is 10.9 Å². The van der Waals surface area contributed by atoms with Crippen LogP contribution in [-0.2, 0) is 0 Å². The average Bonchev–Trinajstić information content (AvgIpc) is 3.50. The highest BCUT2D eigenvalue weighted by atomic mass is 35.5. The van der Waals surface area contributed by atoms with E-state index in [1.807, 2.05) is 43.3 Å². The molecule has 1 N–H and O–H groups in total. The zero-order valence-electron chi connectivity index (χ0n) is 16.4. The van der Waals surface area contributed by atoms with Crippen molar-refractivity contribution in [2.45, 2.75) is 33.1 Å². The predicted octanol–water partition coefficient (Wildman–Crippen LogP) is 6.73. The Morgan fingerprint density at radius 2 is 1.89 bits per heavy atom. The van der Waals surface area contributed by atoms with Crippen molar-refractivity contribution in [2.75, 3.05) is 6.54 Å². The molecule has 2 nitrogen and oxygen atoms in total. The summed E-state index contributed by atoms with van der Waals surface area (Å²) in [4.78, 5) is 4.76. The number of benzene rings is 1. The molecule has 3 heteroatoms. The smallest absolute Gasteiger partial charge is 0.0630 e. The van der Waals surface area contributed by atoms with E-state index in [4.69, 9.17) is 16.6 Å². The highest BCUT2D eigenvalue weighted by Gasteiger charge is 2.23. The second-order valence-electron chi connectivity index (χ2n) is 6.77. The number of nitrogens with zero attached hydrogens (tertiary/aromatic N) is 1. The van der Waals surface area contributed by atoms with Crippen LogP contribution in [0, 0.1) is 5.92 Å². The Balaban J connectivity index is 2.04. The van der Waals surface area contributed by atoms with Gasteiger partial charge in [-0.2, -0.15) is 0 Å². The zero-order valence-corrected chi connectivity index (χ0v) is 17.1. The van der Waals surface area contributed by atoms with Gasteiger partial charge in [0.05, 0.1) is 12.2 Å². The summed E-state index contributed by atoms with van der Waals surface area (Å²) in [7, 11) is 0. The van der Waals surface area contributed by atoms with Gasteiger partial charge in [0.2, 0.25) is 0 Å². The van der Waals surface area contributed by atoms with E-state index in [1.165, 1.54) is 18.4 Å². The van der Waals surface area contributed by atoms with Gasteiger partial charge >= 0.3 is 0 Å². The first-order valence-electron chi connectivity index (χ1n) is 9.42. The van der Waals surface area contributed by atoms with Crippen LogP contribution in [0.15, 0.2) is 84.1 Å². The lowest BCUT2D eigenvalue weighted by molar-refractivity contribution is 1.01. The molecular formula is C24H29ClN2. The van der Waals surface area contributed by atoms with Gasteiger partial charge in [0.15, 0.2) is 0 Å². The fourth-order valence-electron chi connectivity index (χ4n) is 2.64. The maximum absolute atomic E-state index is 5.94. The second-order valence-corrected chi connectivity index (χ2v) is 7.20. The summed E-state index contributed by atoms with van der Waals surface area (Å²) < 4.78 is 0. The van der Waals surface area contributed by atoms with Crippen molar-refractivity contribution in [3.63, 3.8) is 0 Å². The molecule has 0 atom stereocenters. The maximum atomic E-state index is 5.94. The Kier molecular flexibility index (Phi) is 7.87. The summed E-state index contributed by atoms with van der Waals surface area (Å²) >= 11 is 5.94. The van der Waals surface area contributed by atoms with Crippen LogP contribution in [0.25, 0.3) is 5.70 Å². The van der Waals surface area contributed by atoms with E-state index in [-0.39, 0.29) is 0 Å². The summed E-state index contributed by atoms with van der Waals surface area (Å²) in [6.07, 6.45) is 9.51. The third-order valence-corrected chi connectivity index (χ3v) is 4.77. The summed E-state index contributed by atoms with van der Waals surface area (Å²) in [5.41, 5.74) is 5.87. The van der Waals surface area contributed by atoms with Gasteiger partial charge in [-0.05, 0) is 61.4 Å². The Morgan fingerprint density at radius 3 is 2.44 bits per heavy atom. The minimum atomic E-state index is 0.629. The molecule has 1 fully saturated rings. The number of allylic oxidation sites excluding steroid dienone is 4. The van der Waals surface area contributed by atoms with Crippen LogP contribution < -0.4 is 5.32 Å². The van der Waals surface area contributed by atoms with E-state index in [2.05, 4.69) is 38.1 Å². The molecule has 0 aliphatic heterocycles. The van der Waals surface area contributed by atoms with Crippen LogP contribution in [0.5, 0.6) is 0 Å². The van der Waals surface area contributed by atoms with E-state index < -0.39 is 0 Å². The van der Waals surface area contributed by atoms with Crippen LogP contribution in [0.2, 0.25) is 5.02 Å². The molecular weight excluding hydrogens is 352 g/mol. The molecule has 27 heavy (non-hydrogen) atoms. The van der Waals surface area contributed by atoms with Crippen molar-refractivity contribution < 1.29 is 0 Å². The molecule has 0 radical (unpaired) electrons. The van der Waals surface area contributed by atoms with E-state index in [9.17, 15) is 0 Å². The Labute approximate surface area is 168 Å². The van der Waals surface area contributed by atoms with Crippen molar-refractivity contribution in [3.05, 3.63) is 89.7 Å². The van der Waals surface area contributed by atoms with Gasteiger partial charge < -0.3 is 5.32 Å². The quantitative estimate of drug-likeness (QED) is 0.353. The molecule has 0 spiro atoms. The van der Waals surface area contributed by atoms with Crippen LogP contribution in [-0.4, -0.2) is 12.3 Å². The predicted molar refractivity (Wildman–Crippen MR) is 120 cm³/mol. The Bertz CT molecular complexity index is 790. The molecule has 142 valence electrons. The topological polar surface area (TPSA) is 24.4 Å². The maximum Gasteiger partial charge on any atom is 0.0630 e. The third kappa shape index (κ3) is 6.73. The van der Waals surface area contributed by atoms with Gasteiger partial charge in [-0.25, -0.2) is 0 Å². The van der Waals surface area contributed by atoms with Crippen molar-refractivity contribution in [1.29, 1.82) is 0 Å². The van der Waals surface area contributed by atoms with E-state index >= 15 is 0 Å². The van der Waals surface area contributed by atoms with Gasteiger partial charge in [0.1, 0.15) is 0 Å². The van der Waals surface area contributed by atoms with Crippen LogP contribution in [0.3, 0.4) is 0 Å². The number of hydrogen-bond acceptors (Lipinski definition) is 2. The highest BCUT2D eigenvalue weighted by Crippen LogP contribution is 2.37. The van der Waals surface area contributed by atoms with Crippen LogP contribution in [0.1, 0.15) is 38.7 Å². The summed E-state index contributed by atoms with van der Waals surface area (Å²) in [5.74, 6) is 0.636. The largest absolute Gasteiger partial charge is 0.380 e. The Hall–Kier alpha value is -2.32. The molecule has 0 unspecified atom stereocenters. The summed E-state index contributed by atoms with van der Waals surface area (Å²) in [6, 6.07) is 7.63. The fourth-order valence-corrected chi connectivity index (χ4v) is 2.77. The minimum Gasteiger partial charge on any atom is -0.380 e. The lowest BCUT2D eigenvalue weighted by Gasteiger charge is -2.12. The first-order chi connectivity index (χ1) is 12.9. The van der Waals surface area contributed by atoms with Crippen LogP contribution >= 0.6 is 11.6 Å². The molecule has 1 aromatic carbocycles. The molecule has 1 aliphatic carbocycles. The second kappa shape index (κ2) is 10.1. The molecule has 2 rings (SSSR count). The van der Waals surface area contributed by atoms with E-state index in [1.54, 1.807) is 0 Å². The normalized spacial score (nSPS) is 15.1. The van der Waals surface area contributed by atoms with Gasteiger partial charge in [-0.15, -0.1) is 0 Å².